The molecular weight excluding hydrogens is 318 g/mol. The van der Waals surface area contributed by atoms with Crippen LogP contribution in [0.15, 0.2) is 42.9 Å². The van der Waals surface area contributed by atoms with Crippen LogP contribution >= 0.6 is 0 Å². The predicted molar refractivity (Wildman–Crippen MR) is 95.2 cm³/mol. The highest BCUT2D eigenvalue weighted by Crippen LogP contribution is 2.43. The Morgan fingerprint density at radius 3 is 2.84 bits per heavy atom. The Labute approximate surface area is 146 Å². The minimum atomic E-state index is -0.0392. The number of ether oxygens (including phenoxy) is 2. The van der Waals surface area contributed by atoms with Crippen LogP contribution in [0.25, 0.3) is 5.78 Å². The van der Waals surface area contributed by atoms with Crippen molar-refractivity contribution < 1.29 is 9.47 Å². The Balaban J connectivity index is 1.79. The minimum Gasteiger partial charge on any atom is -0.493 e. The first-order valence-electron chi connectivity index (χ1n) is 8.25. The van der Waals surface area contributed by atoms with Crippen molar-refractivity contribution >= 4 is 11.5 Å². The average Bonchev–Trinajstić information content (AvgIpc) is 3.26. The first-order valence-corrected chi connectivity index (χ1v) is 8.25. The second-order valence-corrected chi connectivity index (χ2v) is 6.09. The molecular formula is C18H21N5O2. The smallest absolute Gasteiger partial charge is 0.233 e. The maximum Gasteiger partial charge on any atom is 0.233 e. The lowest BCUT2D eigenvalue weighted by Gasteiger charge is -2.30. The Morgan fingerprint density at radius 1 is 1.16 bits per heavy atom. The molecule has 3 aromatic rings. The normalized spacial score (nSPS) is 20.2. The number of rotatable bonds is 4. The highest BCUT2D eigenvalue weighted by molar-refractivity contribution is 5.66. The third-order valence-corrected chi connectivity index (χ3v) is 4.72. The van der Waals surface area contributed by atoms with Gasteiger partial charge in [0.15, 0.2) is 11.5 Å². The molecule has 0 spiro atoms. The van der Waals surface area contributed by atoms with Gasteiger partial charge in [0.05, 0.1) is 31.6 Å². The molecule has 1 aromatic carbocycles. The van der Waals surface area contributed by atoms with E-state index in [1.807, 2.05) is 41.1 Å². The zero-order valence-electron chi connectivity index (χ0n) is 14.3. The van der Waals surface area contributed by atoms with Crippen molar-refractivity contribution in [3.63, 3.8) is 0 Å². The van der Waals surface area contributed by atoms with Crippen LogP contribution < -0.4 is 20.1 Å². The van der Waals surface area contributed by atoms with Crippen molar-refractivity contribution in [3.8, 4) is 11.5 Å². The zero-order chi connectivity index (χ0) is 17.4. The molecule has 2 atom stereocenters. The second-order valence-electron chi connectivity index (χ2n) is 6.09. The number of methoxy groups -OCH3 is 2. The Bertz CT molecular complexity index is 894. The first-order chi connectivity index (χ1) is 12.2. The van der Waals surface area contributed by atoms with E-state index >= 15 is 0 Å². The van der Waals surface area contributed by atoms with E-state index in [4.69, 9.17) is 20.2 Å². The fourth-order valence-electron chi connectivity index (χ4n) is 3.54. The molecule has 0 bridgehead atoms. The van der Waals surface area contributed by atoms with E-state index < -0.39 is 0 Å². The minimum absolute atomic E-state index is 0.0131. The summed E-state index contributed by atoms with van der Waals surface area (Å²) in [5.74, 6) is 2.09. The van der Waals surface area contributed by atoms with Crippen molar-refractivity contribution in [2.24, 2.45) is 5.73 Å². The highest BCUT2D eigenvalue weighted by Gasteiger charge is 2.36. The zero-order valence-corrected chi connectivity index (χ0v) is 14.3. The van der Waals surface area contributed by atoms with Gasteiger partial charge in [0.1, 0.15) is 0 Å². The van der Waals surface area contributed by atoms with E-state index in [0.717, 1.165) is 24.3 Å². The van der Waals surface area contributed by atoms with Gasteiger partial charge in [0, 0.05) is 31.2 Å². The SMILES string of the molecule is COc1cccc(N2CCC(N)C2c2ccn3ccnc3n2)c1OC. The van der Waals surface area contributed by atoms with E-state index in [1.54, 1.807) is 20.4 Å². The van der Waals surface area contributed by atoms with E-state index in [1.165, 1.54) is 0 Å². The lowest BCUT2D eigenvalue weighted by molar-refractivity contribution is 0.354. The molecule has 2 N–H and O–H groups in total. The van der Waals surface area contributed by atoms with E-state index in [2.05, 4.69) is 9.88 Å². The van der Waals surface area contributed by atoms with Gasteiger partial charge in [-0.15, -0.1) is 0 Å². The van der Waals surface area contributed by atoms with Crippen LogP contribution in [-0.2, 0) is 0 Å². The molecule has 1 aliphatic heterocycles. The number of para-hydroxylation sites is 1. The van der Waals surface area contributed by atoms with Crippen LogP contribution in [0.2, 0.25) is 0 Å². The summed E-state index contributed by atoms with van der Waals surface area (Å²) in [6.45, 7) is 0.830. The summed E-state index contributed by atoms with van der Waals surface area (Å²) in [4.78, 5) is 11.2. The van der Waals surface area contributed by atoms with Gasteiger partial charge in [-0.3, -0.25) is 4.40 Å². The van der Waals surface area contributed by atoms with Gasteiger partial charge in [-0.05, 0) is 24.6 Å². The predicted octanol–water partition coefficient (Wildman–Crippen LogP) is 2.03. The summed E-state index contributed by atoms with van der Waals surface area (Å²) in [7, 11) is 3.30. The summed E-state index contributed by atoms with van der Waals surface area (Å²) in [5.41, 5.74) is 8.31. The van der Waals surface area contributed by atoms with Gasteiger partial charge in [0.2, 0.25) is 5.78 Å². The second kappa shape index (κ2) is 6.25. The summed E-state index contributed by atoms with van der Waals surface area (Å²) in [6, 6.07) is 7.83. The summed E-state index contributed by atoms with van der Waals surface area (Å²) in [5, 5.41) is 0. The molecule has 0 saturated carbocycles. The molecule has 1 aliphatic rings. The van der Waals surface area contributed by atoms with E-state index in [0.29, 0.717) is 17.3 Å². The molecule has 0 aliphatic carbocycles. The maximum absolute atomic E-state index is 6.44. The Kier molecular flexibility index (Phi) is 3.93. The van der Waals surface area contributed by atoms with Gasteiger partial charge in [-0.25, -0.2) is 9.97 Å². The summed E-state index contributed by atoms with van der Waals surface area (Å²) in [6.07, 6.45) is 6.47. The molecule has 25 heavy (non-hydrogen) atoms. The van der Waals surface area contributed by atoms with Crippen LogP contribution in [-0.4, -0.2) is 41.2 Å². The van der Waals surface area contributed by atoms with Gasteiger partial charge >= 0.3 is 0 Å². The maximum atomic E-state index is 6.44. The lowest BCUT2D eigenvalue weighted by Crippen LogP contribution is -2.32. The number of imidazole rings is 1. The third-order valence-electron chi connectivity index (χ3n) is 4.72. The van der Waals surface area contributed by atoms with Crippen LogP contribution in [0.1, 0.15) is 18.2 Å². The molecule has 2 aromatic heterocycles. The van der Waals surface area contributed by atoms with E-state index in [9.17, 15) is 0 Å². The summed E-state index contributed by atoms with van der Waals surface area (Å²) >= 11 is 0. The number of benzene rings is 1. The molecule has 0 radical (unpaired) electrons. The monoisotopic (exact) mass is 339 g/mol. The quantitative estimate of drug-likeness (QED) is 0.784. The van der Waals surface area contributed by atoms with Gasteiger partial charge in [0.25, 0.3) is 0 Å². The van der Waals surface area contributed by atoms with Crippen molar-refractivity contribution in [2.75, 3.05) is 25.7 Å². The molecule has 7 heteroatoms. The number of fused-ring (bicyclic) bond motifs is 1. The van der Waals surface area contributed by atoms with E-state index in [-0.39, 0.29) is 12.1 Å². The fraction of sp³-hybridized carbons (Fsp3) is 0.333. The molecule has 1 fully saturated rings. The third kappa shape index (κ3) is 2.56. The fourth-order valence-corrected chi connectivity index (χ4v) is 3.54. The molecule has 3 heterocycles. The van der Waals surface area contributed by atoms with Crippen LogP contribution in [0, 0.1) is 0 Å². The molecule has 1 saturated heterocycles. The standard InChI is InChI=1S/C18H21N5O2/c1-24-15-5-3-4-14(17(15)25-2)23-10-6-12(19)16(23)13-7-9-22-11-8-20-18(22)21-13/h3-5,7-9,11-12,16H,6,10,19H2,1-2H3. The number of anilines is 1. The number of hydrogen-bond donors (Lipinski definition) is 1. The average molecular weight is 339 g/mol. The molecule has 4 rings (SSSR count). The molecule has 7 nitrogen and oxygen atoms in total. The van der Waals surface area contributed by atoms with Crippen molar-refractivity contribution in [2.45, 2.75) is 18.5 Å². The largest absolute Gasteiger partial charge is 0.493 e. The first kappa shape index (κ1) is 15.7. The topological polar surface area (TPSA) is 77.9 Å². The van der Waals surface area contributed by atoms with Crippen molar-refractivity contribution in [1.29, 1.82) is 0 Å². The highest BCUT2D eigenvalue weighted by atomic mass is 16.5. The molecule has 0 amide bonds. The van der Waals surface area contributed by atoms with Crippen LogP contribution in [0.4, 0.5) is 5.69 Å². The summed E-state index contributed by atoms with van der Waals surface area (Å²) < 4.78 is 12.9. The van der Waals surface area contributed by atoms with Crippen LogP contribution in [0.5, 0.6) is 11.5 Å². The molecule has 130 valence electrons. The lowest BCUT2D eigenvalue weighted by atomic mass is 10.1. The van der Waals surface area contributed by atoms with Crippen LogP contribution in [0.3, 0.4) is 0 Å². The number of aromatic nitrogens is 3. The Morgan fingerprint density at radius 2 is 2.04 bits per heavy atom. The van der Waals surface area contributed by atoms with Gasteiger partial charge < -0.3 is 20.1 Å². The van der Waals surface area contributed by atoms with Crippen molar-refractivity contribution in [3.05, 3.63) is 48.5 Å². The number of hydrogen-bond acceptors (Lipinski definition) is 6. The Hall–Kier alpha value is -2.80. The van der Waals surface area contributed by atoms with Gasteiger partial charge in [-0.2, -0.15) is 0 Å². The van der Waals surface area contributed by atoms with Gasteiger partial charge in [-0.1, -0.05) is 6.07 Å². The van der Waals surface area contributed by atoms with Crippen molar-refractivity contribution in [1.82, 2.24) is 14.4 Å². The number of nitrogens with zero attached hydrogens (tertiary/aromatic N) is 4. The molecule has 2 unspecified atom stereocenters. The number of nitrogens with two attached hydrogens (primary N) is 1.